The van der Waals surface area contributed by atoms with Crippen LogP contribution in [0.4, 0.5) is 0 Å². The van der Waals surface area contributed by atoms with Gasteiger partial charge >= 0.3 is 0 Å². The molecule has 0 bridgehead atoms. The van der Waals surface area contributed by atoms with E-state index in [4.69, 9.17) is 9.47 Å². The number of carbonyl (C=O) groups is 2. The number of ether oxygens (including phenoxy) is 2. The van der Waals surface area contributed by atoms with E-state index in [0.29, 0.717) is 6.54 Å². The van der Waals surface area contributed by atoms with Crippen LogP contribution in [-0.2, 0) is 19.1 Å². The van der Waals surface area contributed by atoms with Crippen molar-refractivity contribution in [1.82, 2.24) is 15.1 Å². The third-order valence-electron chi connectivity index (χ3n) is 6.42. The lowest BCUT2D eigenvalue weighted by Crippen LogP contribution is -2.54. The average molecular weight is 402 g/mol. The van der Waals surface area contributed by atoms with Gasteiger partial charge < -0.3 is 19.7 Å². The summed E-state index contributed by atoms with van der Waals surface area (Å²) >= 11 is 0. The lowest BCUT2D eigenvalue weighted by Gasteiger charge is -2.38. The summed E-state index contributed by atoms with van der Waals surface area (Å²) in [6, 6.07) is 7.53. The fraction of sp³-hybridized carbons (Fsp3) is 0.636. The molecule has 7 nitrogen and oxygen atoms in total. The number of amides is 2. The number of hydrogen-bond acceptors (Lipinski definition) is 5. The molecule has 0 radical (unpaired) electrons. The minimum absolute atomic E-state index is 0.0597. The molecule has 29 heavy (non-hydrogen) atoms. The molecule has 2 unspecified atom stereocenters. The summed E-state index contributed by atoms with van der Waals surface area (Å²) in [6.07, 6.45) is 1.57. The highest BCUT2D eigenvalue weighted by Crippen LogP contribution is 2.45. The summed E-state index contributed by atoms with van der Waals surface area (Å²) in [7, 11) is 1.75. The van der Waals surface area contributed by atoms with E-state index in [1.54, 1.807) is 11.9 Å². The summed E-state index contributed by atoms with van der Waals surface area (Å²) in [6.45, 7) is 7.12. The molecule has 0 spiro atoms. The molecule has 2 atom stereocenters. The van der Waals surface area contributed by atoms with Crippen LogP contribution in [0.1, 0.15) is 30.0 Å². The molecular weight excluding hydrogens is 370 g/mol. The molecule has 2 saturated heterocycles. The maximum absolute atomic E-state index is 13.1. The topological polar surface area (TPSA) is 71.1 Å². The third kappa shape index (κ3) is 4.63. The van der Waals surface area contributed by atoms with E-state index in [9.17, 15) is 9.59 Å². The van der Waals surface area contributed by atoms with Crippen LogP contribution in [0.25, 0.3) is 0 Å². The maximum atomic E-state index is 13.1. The van der Waals surface area contributed by atoms with E-state index in [1.807, 2.05) is 31.2 Å². The lowest BCUT2D eigenvalue weighted by atomic mass is 9.96. The van der Waals surface area contributed by atoms with E-state index in [-0.39, 0.29) is 23.8 Å². The second-order valence-corrected chi connectivity index (χ2v) is 8.70. The van der Waals surface area contributed by atoms with Crippen LogP contribution in [0.5, 0.6) is 0 Å². The smallest absolute Gasteiger partial charge is 0.251 e. The van der Waals surface area contributed by atoms with Crippen molar-refractivity contribution in [3.63, 3.8) is 0 Å². The van der Waals surface area contributed by atoms with Crippen molar-refractivity contribution in [2.75, 3.05) is 53.0 Å². The molecule has 2 aliphatic heterocycles. The Morgan fingerprint density at radius 1 is 1.21 bits per heavy atom. The Morgan fingerprint density at radius 2 is 1.90 bits per heavy atom. The number of benzene rings is 1. The Kier molecular flexibility index (Phi) is 5.90. The third-order valence-corrected chi connectivity index (χ3v) is 6.42. The fourth-order valence-corrected chi connectivity index (χ4v) is 4.27. The first-order valence-corrected chi connectivity index (χ1v) is 10.5. The van der Waals surface area contributed by atoms with Gasteiger partial charge in [-0.3, -0.25) is 14.5 Å². The fourth-order valence-electron chi connectivity index (χ4n) is 4.27. The van der Waals surface area contributed by atoms with Gasteiger partial charge in [-0.05, 0) is 25.3 Å². The number of likely N-dealkylation sites (N-methyl/N-ethyl adjacent to an activating group) is 1. The van der Waals surface area contributed by atoms with Crippen LogP contribution < -0.4 is 5.32 Å². The molecule has 2 heterocycles. The predicted molar refractivity (Wildman–Crippen MR) is 108 cm³/mol. The second-order valence-electron chi connectivity index (χ2n) is 8.70. The van der Waals surface area contributed by atoms with Gasteiger partial charge in [-0.25, -0.2) is 0 Å². The van der Waals surface area contributed by atoms with Crippen molar-refractivity contribution in [1.29, 1.82) is 0 Å². The quantitative estimate of drug-likeness (QED) is 0.774. The highest BCUT2D eigenvalue weighted by Gasteiger charge is 2.46. The van der Waals surface area contributed by atoms with Crippen LogP contribution in [0.15, 0.2) is 24.3 Å². The number of carbonyl (C=O) groups excluding carboxylic acids is 2. The zero-order valence-electron chi connectivity index (χ0n) is 17.4. The summed E-state index contributed by atoms with van der Waals surface area (Å²) in [5, 5.41) is 3.13. The number of nitrogens with zero attached hydrogens (tertiary/aromatic N) is 2. The largest absolute Gasteiger partial charge is 0.379 e. The van der Waals surface area contributed by atoms with Gasteiger partial charge in [0.15, 0.2) is 6.10 Å². The number of rotatable bonds is 6. The normalized spacial score (nSPS) is 27.0. The molecule has 1 aliphatic carbocycles. The average Bonchev–Trinajstić information content (AvgIpc) is 3.49. The van der Waals surface area contributed by atoms with E-state index in [0.717, 1.165) is 56.8 Å². The van der Waals surface area contributed by atoms with Crippen molar-refractivity contribution in [3.8, 4) is 0 Å². The molecule has 158 valence electrons. The summed E-state index contributed by atoms with van der Waals surface area (Å²) in [5.74, 6) is -0.242. The molecule has 1 N–H and O–H groups in total. The SMILES string of the molecule is Cc1ccc(C2C(C(=O)NCC3(CN4CCOCC4)CC3)OCC(=O)N2C)cc1. The zero-order chi connectivity index (χ0) is 20.4. The molecule has 4 rings (SSSR count). The molecule has 1 aromatic rings. The van der Waals surface area contributed by atoms with Crippen molar-refractivity contribution in [3.05, 3.63) is 35.4 Å². The summed E-state index contributed by atoms with van der Waals surface area (Å²) in [5.41, 5.74) is 2.22. The van der Waals surface area contributed by atoms with E-state index >= 15 is 0 Å². The Labute approximate surface area is 172 Å². The van der Waals surface area contributed by atoms with Gasteiger partial charge in [0.1, 0.15) is 6.61 Å². The van der Waals surface area contributed by atoms with Gasteiger partial charge in [0.25, 0.3) is 5.91 Å². The Balaban J connectivity index is 1.40. The van der Waals surface area contributed by atoms with Crippen LogP contribution in [0.2, 0.25) is 0 Å². The number of hydrogen-bond donors (Lipinski definition) is 1. The molecule has 2 amide bonds. The minimum atomic E-state index is -0.695. The Morgan fingerprint density at radius 3 is 2.55 bits per heavy atom. The predicted octanol–water partition coefficient (Wildman–Crippen LogP) is 1.12. The van der Waals surface area contributed by atoms with Crippen LogP contribution in [-0.4, -0.2) is 80.8 Å². The van der Waals surface area contributed by atoms with Crippen molar-refractivity contribution < 1.29 is 19.1 Å². The number of morpholine rings is 2. The second kappa shape index (κ2) is 8.42. The van der Waals surface area contributed by atoms with Crippen molar-refractivity contribution in [2.45, 2.75) is 31.9 Å². The minimum Gasteiger partial charge on any atom is -0.379 e. The van der Waals surface area contributed by atoms with Crippen LogP contribution >= 0.6 is 0 Å². The van der Waals surface area contributed by atoms with Gasteiger partial charge in [-0.2, -0.15) is 0 Å². The van der Waals surface area contributed by atoms with Crippen LogP contribution in [0.3, 0.4) is 0 Å². The molecule has 7 heteroatoms. The van der Waals surface area contributed by atoms with Gasteiger partial charge in [0, 0.05) is 38.6 Å². The van der Waals surface area contributed by atoms with Gasteiger partial charge in [-0.15, -0.1) is 0 Å². The van der Waals surface area contributed by atoms with Crippen molar-refractivity contribution >= 4 is 11.8 Å². The molecule has 1 saturated carbocycles. The summed E-state index contributed by atoms with van der Waals surface area (Å²) < 4.78 is 11.2. The van der Waals surface area contributed by atoms with E-state index in [1.165, 1.54) is 0 Å². The molecule has 3 fully saturated rings. The molecule has 1 aromatic carbocycles. The molecule has 0 aromatic heterocycles. The maximum Gasteiger partial charge on any atom is 0.251 e. The van der Waals surface area contributed by atoms with Gasteiger partial charge in [0.2, 0.25) is 5.91 Å². The Bertz CT molecular complexity index is 741. The van der Waals surface area contributed by atoms with Crippen molar-refractivity contribution in [2.24, 2.45) is 5.41 Å². The Hall–Kier alpha value is -1.96. The first kappa shape index (κ1) is 20.3. The van der Waals surface area contributed by atoms with E-state index in [2.05, 4.69) is 10.2 Å². The highest BCUT2D eigenvalue weighted by molar-refractivity contribution is 5.86. The highest BCUT2D eigenvalue weighted by atomic mass is 16.5. The first-order chi connectivity index (χ1) is 14.0. The number of aryl methyl sites for hydroxylation is 1. The standard InChI is InChI=1S/C22H31N3O4/c1-16-3-5-17(6-4-16)19-20(29-13-18(26)24(19)2)21(27)23-14-22(7-8-22)15-25-9-11-28-12-10-25/h3-6,19-20H,7-15H2,1-2H3,(H,23,27). The zero-order valence-corrected chi connectivity index (χ0v) is 17.4. The monoisotopic (exact) mass is 401 g/mol. The van der Waals surface area contributed by atoms with Gasteiger partial charge in [-0.1, -0.05) is 29.8 Å². The number of nitrogens with one attached hydrogen (secondary N) is 1. The van der Waals surface area contributed by atoms with E-state index < -0.39 is 12.1 Å². The lowest BCUT2D eigenvalue weighted by molar-refractivity contribution is -0.162. The molecular formula is C22H31N3O4. The molecule has 3 aliphatic rings. The van der Waals surface area contributed by atoms with Crippen LogP contribution in [0, 0.1) is 12.3 Å². The van der Waals surface area contributed by atoms with Gasteiger partial charge in [0.05, 0.1) is 19.3 Å². The first-order valence-electron chi connectivity index (χ1n) is 10.5. The summed E-state index contributed by atoms with van der Waals surface area (Å²) in [4.78, 5) is 29.3.